The number of rotatable bonds is 6. The second-order valence-corrected chi connectivity index (χ2v) is 4.98. The molecule has 0 saturated heterocycles. The van der Waals surface area contributed by atoms with Crippen molar-refractivity contribution in [1.82, 2.24) is 14.5 Å². The molecule has 2 rings (SSSR count). The Kier molecular flexibility index (Phi) is 4.39. The first kappa shape index (κ1) is 13.8. The Morgan fingerprint density at radius 3 is 2.84 bits per heavy atom. The number of para-hydroxylation sites is 1. The lowest BCUT2D eigenvalue weighted by Gasteiger charge is -2.11. The summed E-state index contributed by atoms with van der Waals surface area (Å²) in [6, 6.07) is 6.07. The van der Waals surface area contributed by atoms with Gasteiger partial charge in [0.25, 0.3) is 0 Å². The van der Waals surface area contributed by atoms with Crippen LogP contribution in [0.5, 0.6) is 0 Å². The van der Waals surface area contributed by atoms with E-state index >= 15 is 0 Å². The second-order valence-electron chi connectivity index (χ2n) is 4.98. The summed E-state index contributed by atoms with van der Waals surface area (Å²) in [5.41, 5.74) is 9.22. The highest BCUT2D eigenvalue weighted by atomic mass is 16.5. The van der Waals surface area contributed by atoms with Crippen LogP contribution < -0.4 is 5.73 Å². The van der Waals surface area contributed by atoms with Crippen molar-refractivity contribution in [3.05, 3.63) is 23.8 Å². The molecule has 2 aromatic rings. The van der Waals surface area contributed by atoms with Gasteiger partial charge in [0.15, 0.2) is 0 Å². The van der Waals surface area contributed by atoms with Crippen LogP contribution >= 0.6 is 0 Å². The number of hydrogen-bond acceptors (Lipinski definition) is 4. The molecule has 0 saturated carbocycles. The van der Waals surface area contributed by atoms with Gasteiger partial charge < -0.3 is 19.9 Å². The van der Waals surface area contributed by atoms with Gasteiger partial charge in [0.2, 0.25) is 5.95 Å². The molecular formula is C14H22N4O. The molecule has 0 atom stereocenters. The van der Waals surface area contributed by atoms with Crippen molar-refractivity contribution in [3.63, 3.8) is 0 Å². The standard InChI is InChI=1S/C14H22N4O/c1-11-5-4-6-12-13(11)18(14(15)16-12)8-10-19-9-7-17(2)3/h4-6H,7-10H2,1-3H3,(H2,15,16). The molecule has 0 bridgehead atoms. The Hall–Kier alpha value is -1.59. The van der Waals surface area contributed by atoms with Crippen molar-refractivity contribution in [2.45, 2.75) is 13.5 Å². The zero-order valence-electron chi connectivity index (χ0n) is 11.9. The number of fused-ring (bicyclic) bond motifs is 1. The largest absolute Gasteiger partial charge is 0.378 e. The number of benzene rings is 1. The minimum Gasteiger partial charge on any atom is -0.378 e. The number of nitrogen functional groups attached to an aromatic ring is 1. The average Bonchev–Trinajstić information content (AvgIpc) is 2.66. The predicted octanol–water partition coefficient (Wildman–Crippen LogP) is 1.51. The van der Waals surface area contributed by atoms with Gasteiger partial charge in [-0.3, -0.25) is 0 Å². The summed E-state index contributed by atoms with van der Waals surface area (Å²) in [7, 11) is 4.07. The molecule has 0 aliphatic rings. The van der Waals surface area contributed by atoms with Gasteiger partial charge in [-0.25, -0.2) is 4.98 Å². The molecule has 1 aromatic heterocycles. The highest BCUT2D eigenvalue weighted by molar-refractivity contribution is 5.81. The first-order valence-electron chi connectivity index (χ1n) is 6.53. The fourth-order valence-electron chi connectivity index (χ4n) is 2.11. The SMILES string of the molecule is Cc1cccc2nc(N)n(CCOCCN(C)C)c12. The molecule has 19 heavy (non-hydrogen) atoms. The van der Waals surface area contributed by atoms with Crippen LogP contribution in [0.3, 0.4) is 0 Å². The molecule has 0 aliphatic heterocycles. The van der Waals surface area contributed by atoms with Gasteiger partial charge >= 0.3 is 0 Å². The van der Waals surface area contributed by atoms with Gasteiger partial charge in [0, 0.05) is 13.1 Å². The quantitative estimate of drug-likeness (QED) is 0.802. The molecular weight excluding hydrogens is 240 g/mol. The van der Waals surface area contributed by atoms with E-state index in [4.69, 9.17) is 10.5 Å². The van der Waals surface area contributed by atoms with Crippen LogP contribution in [-0.4, -0.2) is 48.3 Å². The molecule has 5 nitrogen and oxygen atoms in total. The summed E-state index contributed by atoms with van der Waals surface area (Å²) in [5, 5.41) is 0. The lowest BCUT2D eigenvalue weighted by molar-refractivity contribution is 0.112. The number of ether oxygens (including phenoxy) is 1. The Labute approximate surface area is 114 Å². The van der Waals surface area contributed by atoms with E-state index in [1.807, 2.05) is 30.8 Å². The van der Waals surface area contributed by atoms with E-state index in [1.165, 1.54) is 5.56 Å². The lowest BCUT2D eigenvalue weighted by atomic mass is 10.2. The Balaban J connectivity index is 2.02. The zero-order valence-corrected chi connectivity index (χ0v) is 11.9. The molecule has 0 spiro atoms. The smallest absolute Gasteiger partial charge is 0.201 e. The Morgan fingerprint density at radius 1 is 1.32 bits per heavy atom. The lowest BCUT2D eigenvalue weighted by Crippen LogP contribution is -2.19. The molecule has 2 N–H and O–H groups in total. The fourth-order valence-corrected chi connectivity index (χ4v) is 2.11. The van der Waals surface area contributed by atoms with Crippen LogP contribution in [-0.2, 0) is 11.3 Å². The Bertz CT molecular complexity index is 548. The predicted molar refractivity (Wildman–Crippen MR) is 78.3 cm³/mol. The van der Waals surface area contributed by atoms with Gasteiger partial charge in [-0.2, -0.15) is 0 Å². The van der Waals surface area contributed by atoms with Gasteiger partial charge in [0.1, 0.15) is 0 Å². The third-order valence-electron chi connectivity index (χ3n) is 3.14. The minimum absolute atomic E-state index is 0.556. The number of likely N-dealkylation sites (N-methyl/N-ethyl adjacent to an activating group) is 1. The van der Waals surface area contributed by atoms with E-state index in [9.17, 15) is 0 Å². The van der Waals surface area contributed by atoms with Crippen molar-refractivity contribution in [2.75, 3.05) is 39.6 Å². The van der Waals surface area contributed by atoms with Crippen LogP contribution in [0.15, 0.2) is 18.2 Å². The van der Waals surface area contributed by atoms with Crippen LogP contribution in [0.1, 0.15) is 5.56 Å². The van der Waals surface area contributed by atoms with E-state index in [2.05, 4.69) is 22.9 Å². The van der Waals surface area contributed by atoms with E-state index < -0.39 is 0 Å². The molecule has 0 aliphatic carbocycles. The highest BCUT2D eigenvalue weighted by Gasteiger charge is 2.09. The van der Waals surface area contributed by atoms with E-state index in [1.54, 1.807) is 0 Å². The minimum atomic E-state index is 0.556. The summed E-state index contributed by atoms with van der Waals surface area (Å²) in [6.07, 6.45) is 0. The van der Waals surface area contributed by atoms with Crippen molar-refractivity contribution >= 4 is 17.0 Å². The summed E-state index contributed by atoms with van der Waals surface area (Å²) < 4.78 is 7.64. The van der Waals surface area contributed by atoms with Crippen molar-refractivity contribution in [1.29, 1.82) is 0 Å². The maximum absolute atomic E-state index is 5.97. The number of hydrogen-bond donors (Lipinski definition) is 1. The molecule has 1 heterocycles. The third-order valence-corrected chi connectivity index (χ3v) is 3.14. The third kappa shape index (κ3) is 3.24. The van der Waals surface area contributed by atoms with Gasteiger partial charge in [-0.15, -0.1) is 0 Å². The topological polar surface area (TPSA) is 56.3 Å². The molecule has 0 amide bonds. The molecule has 0 fully saturated rings. The van der Waals surface area contributed by atoms with Crippen molar-refractivity contribution < 1.29 is 4.74 Å². The first-order chi connectivity index (χ1) is 9.09. The van der Waals surface area contributed by atoms with Crippen LogP contribution in [0.25, 0.3) is 11.0 Å². The van der Waals surface area contributed by atoms with E-state index in [0.717, 1.165) is 30.7 Å². The van der Waals surface area contributed by atoms with Crippen molar-refractivity contribution in [2.24, 2.45) is 0 Å². The van der Waals surface area contributed by atoms with E-state index in [-0.39, 0.29) is 0 Å². The molecule has 104 valence electrons. The number of anilines is 1. The van der Waals surface area contributed by atoms with Crippen molar-refractivity contribution in [3.8, 4) is 0 Å². The van der Waals surface area contributed by atoms with Crippen LogP contribution in [0.4, 0.5) is 5.95 Å². The number of nitrogens with two attached hydrogens (primary N) is 1. The summed E-state index contributed by atoms with van der Waals surface area (Å²) in [4.78, 5) is 6.48. The maximum Gasteiger partial charge on any atom is 0.201 e. The number of aryl methyl sites for hydroxylation is 1. The number of imidazole rings is 1. The summed E-state index contributed by atoms with van der Waals surface area (Å²) in [5.74, 6) is 0.556. The van der Waals surface area contributed by atoms with E-state index in [0.29, 0.717) is 12.6 Å². The highest BCUT2D eigenvalue weighted by Crippen LogP contribution is 2.20. The van der Waals surface area contributed by atoms with Crippen LogP contribution in [0.2, 0.25) is 0 Å². The molecule has 5 heteroatoms. The summed E-state index contributed by atoms with van der Waals surface area (Å²) in [6.45, 7) is 5.13. The zero-order chi connectivity index (χ0) is 13.8. The second kappa shape index (κ2) is 6.04. The molecule has 1 aromatic carbocycles. The van der Waals surface area contributed by atoms with Crippen LogP contribution in [0, 0.1) is 6.92 Å². The Morgan fingerprint density at radius 2 is 2.11 bits per heavy atom. The molecule has 0 unspecified atom stereocenters. The average molecular weight is 262 g/mol. The monoisotopic (exact) mass is 262 g/mol. The first-order valence-corrected chi connectivity index (χ1v) is 6.53. The summed E-state index contributed by atoms with van der Waals surface area (Å²) >= 11 is 0. The number of aromatic nitrogens is 2. The normalized spacial score (nSPS) is 11.6. The molecule has 0 radical (unpaired) electrons. The van der Waals surface area contributed by atoms with Gasteiger partial charge in [-0.05, 0) is 32.6 Å². The number of nitrogens with zero attached hydrogens (tertiary/aromatic N) is 3. The van der Waals surface area contributed by atoms with Gasteiger partial charge in [0.05, 0.1) is 24.2 Å². The maximum atomic E-state index is 5.97. The fraction of sp³-hybridized carbons (Fsp3) is 0.500. The van der Waals surface area contributed by atoms with Gasteiger partial charge in [-0.1, -0.05) is 12.1 Å².